The van der Waals surface area contributed by atoms with Crippen molar-refractivity contribution in [3.8, 4) is 0 Å². The van der Waals surface area contributed by atoms with Gasteiger partial charge in [-0.1, -0.05) is 6.07 Å². The van der Waals surface area contributed by atoms with Crippen LogP contribution in [0.3, 0.4) is 0 Å². The number of furan rings is 1. The van der Waals surface area contributed by atoms with Gasteiger partial charge < -0.3 is 15.1 Å². The highest BCUT2D eigenvalue weighted by Gasteiger charge is 2.08. The zero-order valence-corrected chi connectivity index (χ0v) is 12.9. The highest BCUT2D eigenvalue weighted by Crippen LogP contribution is 2.17. The van der Waals surface area contributed by atoms with Crippen molar-refractivity contribution in [2.24, 2.45) is 0 Å². The highest BCUT2D eigenvalue weighted by atomic mass is 16.3. The summed E-state index contributed by atoms with van der Waals surface area (Å²) < 4.78 is 5.19. The van der Waals surface area contributed by atoms with E-state index in [1.165, 1.54) is 13.2 Å². The lowest BCUT2D eigenvalue weighted by Crippen LogP contribution is -2.18. The molecular weight excluding hydrogens is 310 g/mol. The second-order valence-corrected chi connectivity index (χ2v) is 5.09. The maximum atomic E-state index is 12.1. The van der Waals surface area contributed by atoms with Gasteiger partial charge in [0.15, 0.2) is 0 Å². The van der Waals surface area contributed by atoms with Crippen molar-refractivity contribution in [3.63, 3.8) is 0 Å². The molecule has 0 aliphatic rings. The molecule has 0 unspecified atom stereocenters. The summed E-state index contributed by atoms with van der Waals surface area (Å²) in [4.78, 5) is 25.8. The Kier molecular flexibility index (Phi) is 4.37. The first-order valence-electron chi connectivity index (χ1n) is 7.23. The van der Waals surface area contributed by atoms with Gasteiger partial charge in [-0.25, -0.2) is 0 Å². The minimum atomic E-state index is -0.345. The van der Waals surface area contributed by atoms with Gasteiger partial charge in [-0.3, -0.25) is 14.6 Å². The fraction of sp³-hybridized carbons (Fsp3) is 0.125. The lowest BCUT2D eigenvalue weighted by Gasteiger charge is -2.07. The minimum absolute atomic E-state index is 0.164. The zero-order valence-electron chi connectivity index (χ0n) is 12.9. The van der Waals surface area contributed by atoms with E-state index in [0.29, 0.717) is 17.1 Å². The Bertz CT molecular complexity index is 902. The van der Waals surface area contributed by atoms with E-state index in [1.54, 1.807) is 36.4 Å². The fourth-order valence-corrected chi connectivity index (χ4v) is 2.13. The molecule has 0 saturated heterocycles. The smallest absolute Gasteiger partial charge is 0.274 e. The van der Waals surface area contributed by atoms with Gasteiger partial charge in [0.1, 0.15) is 11.5 Å². The Morgan fingerprint density at radius 3 is 2.75 bits per heavy atom. The van der Waals surface area contributed by atoms with E-state index >= 15 is 0 Å². The average molecular weight is 325 g/mol. The van der Waals surface area contributed by atoms with E-state index < -0.39 is 0 Å². The standard InChI is InChI=1S/C16H15N5O3/c1-10(22)17-11-4-2-5-12(8-11)18-16-19-15(23)14(20-21-16)9-13-6-3-7-24-13/h2-8H,9H2,1H3,(H,17,22)(H2,18,19,21,23). The van der Waals surface area contributed by atoms with Gasteiger partial charge in [0.2, 0.25) is 11.9 Å². The maximum Gasteiger partial charge on any atom is 0.274 e. The van der Waals surface area contributed by atoms with Crippen molar-refractivity contribution >= 4 is 23.2 Å². The molecule has 0 bridgehead atoms. The molecule has 122 valence electrons. The summed E-state index contributed by atoms with van der Waals surface area (Å²) in [7, 11) is 0. The van der Waals surface area contributed by atoms with Gasteiger partial charge in [0.25, 0.3) is 5.56 Å². The van der Waals surface area contributed by atoms with Crippen LogP contribution in [0, 0.1) is 0 Å². The Balaban J connectivity index is 1.75. The first-order chi connectivity index (χ1) is 11.6. The number of carbonyl (C=O) groups is 1. The van der Waals surface area contributed by atoms with E-state index in [1.807, 2.05) is 0 Å². The number of amides is 1. The quantitative estimate of drug-likeness (QED) is 0.662. The van der Waals surface area contributed by atoms with Gasteiger partial charge >= 0.3 is 0 Å². The van der Waals surface area contributed by atoms with Gasteiger partial charge in [-0.2, -0.15) is 0 Å². The summed E-state index contributed by atoms with van der Waals surface area (Å²) in [6.45, 7) is 1.43. The van der Waals surface area contributed by atoms with Crippen LogP contribution in [-0.2, 0) is 11.2 Å². The Hall–Kier alpha value is -3.42. The second kappa shape index (κ2) is 6.78. The van der Waals surface area contributed by atoms with Crippen molar-refractivity contribution in [1.29, 1.82) is 0 Å². The lowest BCUT2D eigenvalue weighted by atomic mass is 10.2. The molecule has 0 fully saturated rings. The van der Waals surface area contributed by atoms with Crippen molar-refractivity contribution in [3.05, 3.63) is 64.5 Å². The van der Waals surface area contributed by atoms with Crippen LogP contribution in [0.5, 0.6) is 0 Å². The molecule has 8 nitrogen and oxygen atoms in total. The normalized spacial score (nSPS) is 10.4. The fourth-order valence-electron chi connectivity index (χ4n) is 2.13. The van der Waals surface area contributed by atoms with Crippen LogP contribution in [0.1, 0.15) is 18.4 Å². The number of nitrogens with zero attached hydrogens (tertiary/aromatic N) is 2. The van der Waals surface area contributed by atoms with Crippen molar-refractivity contribution < 1.29 is 9.21 Å². The summed E-state index contributed by atoms with van der Waals surface area (Å²) in [6, 6.07) is 10.5. The summed E-state index contributed by atoms with van der Waals surface area (Å²) in [5, 5.41) is 13.5. The zero-order chi connectivity index (χ0) is 16.9. The van der Waals surface area contributed by atoms with Crippen molar-refractivity contribution in [1.82, 2.24) is 15.2 Å². The first-order valence-corrected chi connectivity index (χ1v) is 7.23. The van der Waals surface area contributed by atoms with Crippen LogP contribution in [0.15, 0.2) is 51.9 Å². The molecule has 0 atom stereocenters. The minimum Gasteiger partial charge on any atom is -0.469 e. The monoisotopic (exact) mass is 325 g/mol. The van der Waals surface area contributed by atoms with Gasteiger partial charge in [0, 0.05) is 18.3 Å². The molecule has 0 spiro atoms. The number of carbonyl (C=O) groups excluding carboxylic acids is 1. The number of H-pyrrole nitrogens is 1. The number of hydrogen-bond acceptors (Lipinski definition) is 6. The Labute approximate surface area is 136 Å². The van der Waals surface area contributed by atoms with Crippen LogP contribution in [0.4, 0.5) is 17.3 Å². The second-order valence-electron chi connectivity index (χ2n) is 5.09. The molecule has 3 aromatic rings. The maximum absolute atomic E-state index is 12.1. The molecule has 8 heteroatoms. The molecule has 0 saturated carbocycles. The number of benzene rings is 1. The van der Waals surface area contributed by atoms with Crippen LogP contribution in [-0.4, -0.2) is 21.1 Å². The molecule has 0 aliphatic heterocycles. The molecule has 2 heterocycles. The summed E-state index contributed by atoms with van der Waals surface area (Å²) in [5.74, 6) is 0.685. The number of aromatic nitrogens is 3. The molecule has 1 aromatic carbocycles. The van der Waals surface area contributed by atoms with Crippen LogP contribution >= 0.6 is 0 Å². The van der Waals surface area contributed by atoms with Crippen molar-refractivity contribution in [2.45, 2.75) is 13.3 Å². The molecule has 0 radical (unpaired) electrons. The van der Waals surface area contributed by atoms with E-state index in [9.17, 15) is 9.59 Å². The first kappa shape index (κ1) is 15.5. The van der Waals surface area contributed by atoms with Gasteiger partial charge in [-0.15, -0.1) is 10.2 Å². The predicted octanol–water partition coefficient (Wildman–Crippen LogP) is 2.05. The topological polar surface area (TPSA) is 113 Å². The van der Waals surface area contributed by atoms with Gasteiger partial charge in [-0.05, 0) is 30.3 Å². The lowest BCUT2D eigenvalue weighted by molar-refractivity contribution is -0.114. The van der Waals surface area contributed by atoms with E-state index in [0.717, 1.165) is 0 Å². The van der Waals surface area contributed by atoms with Crippen LogP contribution < -0.4 is 16.2 Å². The number of anilines is 3. The number of rotatable bonds is 5. The molecule has 3 N–H and O–H groups in total. The molecule has 1 amide bonds. The molecule has 24 heavy (non-hydrogen) atoms. The summed E-state index contributed by atoms with van der Waals surface area (Å²) >= 11 is 0. The van der Waals surface area contributed by atoms with E-state index in [4.69, 9.17) is 4.42 Å². The average Bonchev–Trinajstić information content (AvgIpc) is 3.03. The third kappa shape index (κ3) is 3.86. The number of nitrogens with one attached hydrogen (secondary N) is 3. The number of hydrogen-bond donors (Lipinski definition) is 3. The van der Waals surface area contributed by atoms with Gasteiger partial charge in [0.05, 0.1) is 12.7 Å². The van der Waals surface area contributed by atoms with Crippen LogP contribution in [0.2, 0.25) is 0 Å². The van der Waals surface area contributed by atoms with Crippen molar-refractivity contribution in [2.75, 3.05) is 10.6 Å². The number of aromatic amines is 1. The SMILES string of the molecule is CC(=O)Nc1cccc(Nc2nnc(Cc3ccco3)c(=O)[nH]2)c1. The highest BCUT2D eigenvalue weighted by molar-refractivity contribution is 5.89. The summed E-state index contributed by atoms with van der Waals surface area (Å²) in [5.41, 5.74) is 1.21. The molecule has 0 aliphatic carbocycles. The van der Waals surface area contributed by atoms with E-state index in [2.05, 4.69) is 25.8 Å². The Morgan fingerprint density at radius 2 is 2.04 bits per heavy atom. The molecule has 3 rings (SSSR count). The summed E-state index contributed by atoms with van der Waals surface area (Å²) in [6.07, 6.45) is 1.81. The third-order valence-electron chi connectivity index (χ3n) is 3.13. The van der Waals surface area contributed by atoms with Crippen LogP contribution in [0.25, 0.3) is 0 Å². The van der Waals surface area contributed by atoms with E-state index in [-0.39, 0.29) is 29.5 Å². The predicted molar refractivity (Wildman–Crippen MR) is 88.2 cm³/mol. The Morgan fingerprint density at radius 1 is 1.21 bits per heavy atom. The largest absolute Gasteiger partial charge is 0.469 e. The molecular formula is C16H15N5O3. The third-order valence-corrected chi connectivity index (χ3v) is 3.13. The molecule has 2 aromatic heterocycles.